The zero-order valence-corrected chi connectivity index (χ0v) is 19.3. The summed E-state index contributed by atoms with van der Waals surface area (Å²) >= 11 is 9.09. The van der Waals surface area contributed by atoms with Gasteiger partial charge < -0.3 is 10.2 Å². The summed E-state index contributed by atoms with van der Waals surface area (Å²) in [4.78, 5) is 48.3. The molecule has 1 fully saturated rings. The minimum absolute atomic E-state index is 0.0446. The highest BCUT2D eigenvalue weighted by Gasteiger charge is 2.41. The smallest absolute Gasteiger partial charge is 0.265 e. The van der Waals surface area contributed by atoms with Crippen LogP contribution in [0.2, 0.25) is 5.02 Å². The molecule has 8 nitrogen and oxygen atoms in total. The molecule has 1 aliphatic rings. The Balaban J connectivity index is 1.64. The molecule has 3 aromatic rings. The van der Waals surface area contributed by atoms with Crippen LogP contribution in [0.25, 0.3) is 11.2 Å². The predicted molar refractivity (Wildman–Crippen MR) is 120 cm³/mol. The van der Waals surface area contributed by atoms with E-state index in [1.165, 1.54) is 24.1 Å². The van der Waals surface area contributed by atoms with Crippen molar-refractivity contribution in [2.75, 3.05) is 13.1 Å². The van der Waals surface area contributed by atoms with Crippen molar-refractivity contribution in [3.63, 3.8) is 0 Å². The van der Waals surface area contributed by atoms with Crippen LogP contribution in [-0.2, 0) is 17.9 Å². The topological polar surface area (TPSA) is 97.2 Å². The number of carbonyl (C=O) groups excluding carboxylic acids is 2. The molecule has 0 bridgehead atoms. The molecule has 0 aliphatic carbocycles. The fourth-order valence-corrected chi connectivity index (χ4v) is 3.89. The third-order valence-electron chi connectivity index (χ3n) is 5.06. The van der Waals surface area contributed by atoms with E-state index in [2.05, 4.69) is 31.2 Å². The van der Waals surface area contributed by atoms with Gasteiger partial charge in [-0.1, -0.05) is 23.7 Å². The summed E-state index contributed by atoms with van der Waals surface area (Å²) in [7, 11) is 0. The molecule has 1 aromatic carbocycles. The van der Waals surface area contributed by atoms with E-state index in [1.54, 1.807) is 24.3 Å². The van der Waals surface area contributed by atoms with Crippen molar-refractivity contribution in [1.82, 2.24) is 24.8 Å². The van der Waals surface area contributed by atoms with Crippen LogP contribution in [0.3, 0.4) is 0 Å². The Bertz CT molecular complexity index is 1270. The second-order valence-electron chi connectivity index (χ2n) is 7.82. The average molecular weight is 523 g/mol. The van der Waals surface area contributed by atoms with E-state index in [0.717, 1.165) is 10.1 Å². The first-order valence-corrected chi connectivity index (χ1v) is 10.9. The van der Waals surface area contributed by atoms with Gasteiger partial charge in [0.2, 0.25) is 5.91 Å². The van der Waals surface area contributed by atoms with E-state index in [0.29, 0.717) is 9.63 Å². The van der Waals surface area contributed by atoms with E-state index in [1.807, 2.05) is 0 Å². The molecule has 32 heavy (non-hydrogen) atoms. The van der Waals surface area contributed by atoms with Crippen molar-refractivity contribution in [2.45, 2.75) is 25.7 Å². The van der Waals surface area contributed by atoms with Gasteiger partial charge in [-0.15, -0.1) is 0 Å². The maximum Gasteiger partial charge on any atom is 0.265 e. The fourth-order valence-electron chi connectivity index (χ4n) is 3.47. The highest BCUT2D eigenvalue weighted by Crippen LogP contribution is 2.24. The largest absolute Gasteiger partial charge is 0.348 e. The van der Waals surface area contributed by atoms with Crippen LogP contribution >= 0.6 is 27.5 Å². The Morgan fingerprint density at radius 3 is 2.62 bits per heavy atom. The summed E-state index contributed by atoms with van der Waals surface area (Å²) in [5.41, 5.74) is -1.07. The standard InChI is InChI=1S/C21H18BrClFN5O3/c1-21(24)10-28(11-21)17(30)9-29-18-15(27-16(22)8-25-18)6-14(20(29)32)19(31)26-7-12-2-4-13(23)5-3-12/h2-6,8H,7,9-11H2,1H3,(H,26,31). The lowest BCUT2D eigenvalue weighted by Gasteiger charge is -2.42. The SMILES string of the molecule is CC1(F)CN(C(=O)Cn2c(=O)c(C(=O)NCc3ccc(Cl)cc3)cc3nc(Br)cnc32)C1. The van der Waals surface area contributed by atoms with Crippen LogP contribution in [-0.4, -0.2) is 50.0 Å². The number of nitrogens with one attached hydrogen (secondary N) is 1. The summed E-state index contributed by atoms with van der Waals surface area (Å²) in [5, 5.41) is 3.26. The molecule has 2 amide bonds. The van der Waals surface area contributed by atoms with Crippen molar-refractivity contribution >= 4 is 50.5 Å². The van der Waals surface area contributed by atoms with Gasteiger partial charge in [-0.25, -0.2) is 14.4 Å². The lowest BCUT2D eigenvalue weighted by Crippen LogP contribution is -2.60. The number of amides is 2. The maximum absolute atomic E-state index is 13.8. The number of fused-ring (bicyclic) bond motifs is 1. The Labute approximate surface area is 195 Å². The Kier molecular flexibility index (Phi) is 6.00. The first-order valence-electron chi connectivity index (χ1n) is 9.68. The second-order valence-corrected chi connectivity index (χ2v) is 9.07. The number of rotatable bonds is 5. The highest BCUT2D eigenvalue weighted by molar-refractivity contribution is 9.10. The molecule has 0 unspecified atom stereocenters. The Morgan fingerprint density at radius 1 is 1.28 bits per heavy atom. The van der Waals surface area contributed by atoms with Crippen molar-refractivity contribution < 1.29 is 14.0 Å². The molecule has 2 aromatic heterocycles. The van der Waals surface area contributed by atoms with Crippen molar-refractivity contribution in [1.29, 1.82) is 0 Å². The van der Waals surface area contributed by atoms with Crippen LogP contribution in [0.5, 0.6) is 0 Å². The van der Waals surface area contributed by atoms with E-state index in [4.69, 9.17) is 11.6 Å². The number of aromatic nitrogens is 3. The van der Waals surface area contributed by atoms with Crippen molar-refractivity contribution in [2.24, 2.45) is 0 Å². The van der Waals surface area contributed by atoms with Crippen LogP contribution in [0.15, 0.2) is 45.9 Å². The lowest BCUT2D eigenvalue weighted by molar-refractivity contribution is -0.144. The first-order chi connectivity index (χ1) is 15.1. The Morgan fingerprint density at radius 2 is 1.97 bits per heavy atom. The number of benzene rings is 1. The zero-order valence-electron chi connectivity index (χ0n) is 16.9. The lowest BCUT2D eigenvalue weighted by atomic mass is 9.99. The van der Waals surface area contributed by atoms with E-state index in [9.17, 15) is 18.8 Å². The molecule has 1 N–H and O–H groups in total. The number of nitrogens with zero attached hydrogens (tertiary/aromatic N) is 4. The molecule has 0 saturated carbocycles. The molecular formula is C21H18BrClFN5O3. The molecule has 1 aliphatic heterocycles. The number of hydrogen-bond acceptors (Lipinski definition) is 5. The van der Waals surface area contributed by atoms with Crippen LogP contribution in [0.4, 0.5) is 4.39 Å². The van der Waals surface area contributed by atoms with Gasteiger partial charge >= 0.3 is 0 Å². The van der Waals surface area contributed by atoms with Crippen LogP contribution in [0, 0.1) is 0 Å². The number of pyridine rings is 1. The maximum atomic E-state index is 13.8. The minimum Gasteiger partial charge on any atom is -0.348 e. The van der Waals surface area contributed by atoms with Crippen LogP contribution < -0.4 is 10.9 Å². The minimum atomic E-state index is -1.43. The molecule has 3 heterocycles. The fraction of sp³-hybridized carbons (Fsp3) is 0.286. The summed E-state index contributed by atoms with van der Waals surface area (Å²) in [6.45, 7) is 1.13. The van der Waals surface area contributed by atoms with Gasteiger partial charge in [0.25, 0.3) is 11.5 Å². The van der Waals surface area contributed by atoms with Gasteiger partial charge in [0.05, 0.1) is 19.3 Å². The zero-order chi connectivity index (χ0) is 23.0. The molecule has 0 spiro atoms. The number of alkyl halides is 1. The number of halogens is 3. The highest BCUT2D eigenvalue weighted by atomic mass is 79.9. The van der Waals surface area contributed by atoms with Gasteiger partial charge in [0, 0.05) is 11.6 Å². The normalized spacial score (nSPS) is 14.8. The molecular weight excluding hydrogens is 505 g/mol. The number of carbonyl (C=O) groups is 2. The Hall–Kier alpha value is -2.85. The van der Waals surface area contributed by atoms with Gasteiger partial charge in [-0.05, 0) is 46.6 Å². The summed E-state index contributed by atoms with van der Waals surface area (Å²) in [5.74, 6) is -1.05. The number of likely N-dealkylation sites (tertiary alicyclic amines) is 1. The third-order valence-corrected chi connectivity index (χ3v) is 5.69. The van der Waals surface area contributed by atoms with Gasteiger partial charge in [0.1, 0.15) is 27.9 Å². The molecule has 4 rings (SSSR count). The van der Waals surface area contributed by atoms with Crippen molar-refractivity contribution in [3.8, 4) is 0 Å². The average Bonchev–Trinajstić information content (AvgIpc) is 2.73. The second kappa shape index (κ2) is 8.59. The molecule has 11 heteroatoms. The summed E-state index contributed by atoms with van der Waals surface area (Å²) in [6, 6.07) is 8.25. The quantitative estimate of drug-likeness (QED) is 0.556. The third kappa shape index (κ3) is 4.66. The van der Waals surface area contributed by atoms with Crippen molar-refractivity contribution in [3.05, 3.63) is 67.6 Å². The van der Waals surface area contributed by atoms with Gasteiger partial charge in [-0.3, -0.25) is 19.0 Å². The molecule has 0 atom stereocenters. The first kappa shape index (κ1) is 22.3. The summed E-state index contributed by atoms with van der Waals surface area (Å²) < 4.78 is 15.3. The molecule has 0 radical (unpaired) electrons. The molecule has 1 saturated heterocycles. The van der Waals surface area contributed by atoms with E-state index in [-0.39, 0.29) is 42.9 Å². The van der Waals surface area contributed by atoms with Gasteiger partial charge in [-0.2, -0.15) is 0 Å². The van der Waals surface area contributed by atoms with Crippen LogP contribution in [0.1, 0.15) is 22.8 Å². The predicted octanol–water partition coefficient (Wildman–Crippen LogP) is 2.71. The number of hydrogen-bond donors (Lipinski definition) is 1. The monoisotopic (exact) mass is 521 g/mol. The van der Waals surface area contributed by atoms with E-state index < -0.39 is 23.0 Å². The molecule has 166 valence electrons. The van der Waals surface area contributed by atoms with E-state index >= 15 is 0 Å². The van der Waals surface area contributed by atoms with Gasteiger partial charge in [0.15, 0.2) is 5.65 Å². The summed E-state index contributed by atoms with van der Waals surface area (Å²) in [6.07, 6.45) is 1.39.